The van der Waals surface area contributed by atoms with Gasteiger partial charge in [-0.3, -0.25) is 13.8 Å². The van der Waals surface area contributed by atoms with Gasteiger partial charge in [0.15, 0.2) is 0 Å². The van der Waals surface area contributed by atoms with Crippen LogP contribution < -0.4 is 15.4 Å². The van der Waals surface area contributed by atoms with Crippen LogP contribution in [0.15, 0.2) is 29.0 Å². The van der Waals surface area contributed by atoms with Crippen LogP contribution in [0.5, 0.6) is 0 Å². The van der Waals surface area contributed by atoms with E-state index in [1.807, 2.05) is 0 Å². The highest BCUT2D eigenvalue weighted by molar-refractivity contribution is 9.10. The molecular weight excluding hydrogens is 443 g/mol. The number of urea groups is 1. The zero-order chi connectivity index (χ0) is 17.5. The molecule has 1 aromatic heterocycles. The highest BCUT2D eigenvalue weighted by Crippen LogP contribution is 2.54. The Hall–Kier alpha value is -1.23. The summed E-state index contributed by atoms with van der Waals surface area (Å²) >= 11 is 15.2. The molecule has 0 unspecified atom stereocenters. The molecule has 1 aliphatic heterocycles. The molecule has 5 N–H and O–H groups in total. The number of amides is 2. The monoisotopic (exact) mass is 452 g/mol. The lowest BCUT2D eigenvalue weighted by atomic mass is 10.2. The van der Waals surface area contributed by atoms with Crippen LogP contribution in [0, 0.1) is 0 Å². The summed E-state index contributed by atoms with van der Waals surface area (Å²) in [6.45, 7) is 0. The predicted molar refractivity (Wildman–Crippen MR) is 101 cm³/mol. The van der Waals surface area contributed by atoms with Gasteiger partial charge in [0, 0.05) is 5.56 Å². The van der Waals surface area contributed by atoms with Crippen molar-refractivity contribution in [2.24, 2.45) is 0 Å². The van der Waals surface area contributed by atoms with Crippen molar-refractivity contribution in [1.82, 2.24) is 4.98 Å². The average Bonchev–Trinajstić information content (AvgIpc) is 2.83. The molecule has 24 heavy (non-hydrogen) atoms. The quantitative estimate of drug-likeness (QED) is 0.392. The lowest BCUT2D eigenvalue weighted by Crippen LogP contribution is -2.20. The van der Waals surface area contributed by atoms with E-state index in [1.165, 1.54) is 6.20 Å². The molecule has 0 fully saturated rings. The Bertz CT molecular complexity index is 837. The molecule has 2 heterocycles. The summed E-state index contributed by atoms with van der Waals surface area (Å²) in [6, 6.07) is 4.29. The molecule has 0 atom stereocenters. The highest BCUT2D eigenvalue weighted by Gasteiger charge is 2.30. The van der Waals surface area contributed by atoms with Crippen LogP contribution in [-0.4, -0.2) is 20.1 Å². The highest BCUT2D eigenvalue weighted by atomic mass is 79.9. The van der Waals surface area contributed by atoms with Crippen LogP contribution in [0.25, 0.3) is 0 Å². The summed E-state index contributed by atoms with van der Waals surface area (Å²) in [6.07, 6.45) is 1.40. The van der Waals surface area contributed by atoms with E-state index >= 15 is 0 Å². The first-order chi connectivity index (χ1) is 11.3. The summed E-state index contributed by atoms with van der Waals surface area (Å²) in [4.78, 5) is 16.3. The number of hydrogen-bond acceptors (Lipinski definition) is 5. The van der Waals surface area contributed by atoms with Crippen molar-refractivity contribution in [2.45, 2.75) is 5.75 Å². The first kappa shape index (κ1) is 17.6. The van der Waals surface area contributed by atoms with E-state index in [-0.39, 0.29) is 10.8 Å². The number of carbonyl (C=O) groups is 1. The van der Waals surface area contributed by atoms with Crippen molar-refractivity contribution in [2.75, 3.05) is 15.4 Å². The molecule has 1 aliphatic rings. The van der Waals surface area contributed by atoms with Gasteiger partial charge in [-0.1, -0.05) is 29.3 Å². The number of halogens is 3. The van der Waals surface area contributed by atoms with Crippen LogP contribution in [0.4, 0.5) is 21.9 Å². The lowest BCUT2D eigenvalue weighted by Gasteiger charge is -2.26. The number of nitrogens with zero attached hydrogens (tertiary/aromatic N) is 1. The number of carbonyl (C=O) groups excluding carboxylic acids is 1. The third kappa shape index (κ3) is 3.56. The summed E-state index contributed by atoms with van der Waals surface area (Å²) < 4.78 is 22.7. The maximum Gasteiger partial charge on any atom is 0.323 e. The molecule has 0 radical (unpaired) electrons. The number of aromatic nitrogens is 1. The van der Waals surface area contributed by atoms with E-state index in [0.717, 1.165) is 0 Å². The van der Waals surface area contributed by atoms with Gasteiger partial charge < -0.3 is 10.6 Å². The Labute approximate surface area is 157 Å². The Morgan fingerprint density at radius 2 is 2.00 bits per heavy atom. The first-order valence-electron chi connectivity index (χ1n) is 6.50. The molecule has 1 aromatic carbocycles. The van der Waals surface area contributed by atoms with Crippen molar-refractivity contribution in [3.05, 3.63) is 44.6 Å². The van der Waals surface area contributed by atoms with Gasteiger partial charge in [-0.05, 0) is 28.1 Å². The second kappa shape index (κ2) is 6.58. The number of nitrogens with one attached hydrogen (secondary N) is 3. The second-order valence-electron chi connectivity index (χ2n) is 4.91. The summed E-state index contributed by atoms with van der Waals surface area (Å²) in [5.41, 5.74) is 1.64. The normalized spacial score (nSPS) is 16.0. The number of rotatable bonds is 2. The van der Waals surface area contributed by atoms with Crippen LogP contribution in [0.1, 0.15) is 5.56 Å². The minimum atomic E-state index is -2.99. The van der Waals surface area contributed by atoms with Gasteiger partial charge in [-0.2, -0.15) is 0 Å². The Kier molecular flexibility index (Phi) is 4.82. The number of fused-ring (bicyclic) bond motifs is 1. The molecule has 2 aromatic rings. The van der Waals surface area contributed by atoms with Crippen molar-refractivity contribution < 1.29 is 13.9 Å². The molecule has 3 rings (SSSR count). The van der Waals surface area contributed by atoms with Gasteiger partial charge in [-0.15, -0.1) is 10.8 Å². The Morgan fingerprint density at radius 3 is 2.75 bits per heavy atom. The van der Waals surface area contributed by atoms with Crippen LogP contribution in [-0.2, 0) is 5.75 Å². The number of pyridine rings is 1. The Balaban J connectivity index is 1.81. The Morgan fingerprint density at radius 1 is 1.29 bits per heavy atom. The smallest absolute Gasteiger partial charge is 0.306 e. The third-order valence-corrected chi connectivity index (χ3v) is 5.91. The minimum Gasteiger partial charge on any atom is -0.306 e. The van der Waals surface area contributed by atoms with Gasteiger partial charge in [-0.25, -0.2) is 9.78 Å². The topological polar surface area (TPSA) is 107 Å². The van der Waals surface area contributed by atoms with Gasteiger partial charge >= 0.3 is 6.03 Å². The predicted octanol–water partition coefficient (Wildman–Crippen LogP) is 5.39. The zero-order valence-electron chi connectivity index (χ0n) is 11.8. The van der Waals surface area contributed by atoms with Gasteiger partial charge in [0.1, 0.15) is 4.60 Å². The fourth-order valence-electron chi connectivity index (χ4n) is 2.15. The van der Waals surface area contributed by atoms with Crippen LogP contribution in [0.3, 0.4) is 0 Å². The molecule has 11 heteroatoms. The fraction of sp³-hybridized carbons (Fsp3) is 0.0769. The second-order valence-corrected chi connectivity index (χ2v) is 8.27. The van der Waals surface area contributed by atoms with Gasteiger partial charge in [0.05, 0.1) is 39.1 Å². The maximum absolute atomic E-state index is 12.2. The van der Waals surface area contributed by atoms with Crippen molar-refractivity contribution >= 4 is 73.0 Å². The largest absolute Gasteiger partial charge is 0.323 e. The number of hydrogen-bond donors (Lipinski definition) is 5. The average molecular weight is 454 g/mol. The van der Waals surface area contributed by atoms with E-state index in [9.17, 15) is 13.9 Å². The van der Waals surface area contributed by atoms with E-state index in [2.05, 4.69) is 36.3 Å². The van der Waals surface area contributed by atoms with E-state index in [0.29, 0.717) is 32.3 Å². The first-order valence-corrected chi connectivity index (χ1v) is 9.76. The maximum atomic E-state index is 12.2. The molecule has 128 valence electrons. The van der Waals surface area contributed by atoms with Crippen LogP contribution in [0.2, 0.25) is 10.0 Å². The molecule has 0 aliphatic carbocycles. The molecule has 0 saturated carbocycles. The van der Waals surface area contributed by atoms with E-state index < -0.39 is 16.8 Å². The van der Waals surface area contributed by atoms with Crippen molar-refractivity contribution in [3.63, 3.8) is 0 Å². The molecule has 0 bridgehead atoms. The molecule has 2 amide bonds. The molecular formula is C13H11BrCl2N4O3S. The summed E-state index contributed by atoms with van der Waals surface area (Å²) in [5.74, 6) is 0.00712. The van der Waals surface area contributed by atoms with Gasteiger partial charge in [0.2, 0.25) is 0 Å². The molecule has 7 nitrogen and oxygen atoms in total. The van der Waals surface area contributed by atoms with Gasteiger partial charge in [0.25, 0.3) is 0 Å². The minimum absolute atomic E-state index is 0.00712. The standard InChI is InChI=1S/C13H11BrCl2N4O3S/c14-12-6-5-24(22,23)20-11(6)9(4-17-12)19-13(21)18-8-3-1-2-7(15)10(8)16/h1-4,20,22-23H,5H2,(H2,18,19,21). The molecule has 0 saturated heterocycles. The van der Waals surface area contributed by atoms with Crippen molar-refractivity contribution in [1.29, 1.82) is 0 Å². The summed E-state index contributed by atoms with van der Waals surface area (Å²) in [7, 11) is -2.99. The van der Waals surface area contributed by atoms with E-state index in [1.54, 1.807) is 18.2 Å². The number of anilines is 3. The lowest BCUT2D eigenvalue weighted by molar-refractivity contribution is 0.262. The fourth-order valence-corrected chi connectivity index (χ4v) is 4.44. The zero-order valence-corrected chi connectivity index (χ0v) is 15.7. The third-order valence-electron chi connectivity index (χ3n) is 3.19. The SMILES string of the molecule is O=C(Nc1cccc(Cl)c1Cl)Nc1cnc(Br)c2c1NS(O)(O)C2. The van der Waals surface area contributed by atoms with Crippen LogP contribution >= 0.6 is 49.9 Å². The summed E-state index contributed by atoms with van der Waals surface area (Å²) in [5, 5.41) is 5.71. The molecule has 0 spiro atoms. The number of benzene rings is 1. The van der Waals surface area contributed by atoms with Crippen molar-refractivity contribution in [3.8, 4) is 0 Å². The van der Waals surface area contributed by atoms with E-state index in [4.69, 9.17) is 23.2 Å².